The van der Waals surface area contributed by atoms with Crippen molar-refractivity contribution < 1.29 is 9.59 Å². The Balaban J connectivity index is 3.36. The molecule has 0 N–H and O–H groups in total. The molecular formula is C16H19NO2. The Morgan fingerprint density at radius 1 is 1.32 bits per heavy atom. The molecular weight excluding hydrogens is 238 g/mol. The highest BCUT2D eigenvalue weighted by Gasteiger charge is 2.14. The van der Waals surface area contributed by atoms with Gasteiger partial charge in [-0.3, -0.25) is 9.59 Å². The van der Waals surface area contributed by atoms with E-state index in [1.54, 1.807) is 29.2 Å². The average molecular weight is 257 g/mol. The molecule has 1 aromatic rings. The topological polar surface area (TPSA) is 37.4 Å². The fraction of sp³-hybridized carbons (Fsp3) is 0.250. The van der Waals surface area contributed by atoms with Crippen LogP contribution in [-0.4, -0.2) is 18.2 Å². The third kappa shape index (κ3) is 3.65. The molecule has 0 atom stereocenters. The smallest absolute Gasteiger partial charge is 0.224 e. The first-order valence-corrected chi connectivity index (χ1v) is 6.18. The van der Waals surface area contributed by atoms with E-state index in [2.05, 4.69) is 6.58 Å². The van der Waals surface area contributed by atoms with Crippen LogP contribution in [0.1, 0.15) is 36.7 Å². The number of carbonyl (C=O) groups excluding carboxylic acids is 2. The van der Waals surface area contributed by atoms with Crippen molar-refractivity contribution >= 4 is 23.5 Å². The van der Waals surface area contributed by atoms with Crippen LogP contribution in [0.25, 0.3) is 6.08 Å². The van der Waals surface area contributed by atoms with Crippen molar-refractivity contribution in [2.24, 2.45) is 0 Å². The number of hydrogen-bond donors (Lipinski definition) is 0. The van der Waals surface area contributed by atoms with Gasteiger partial charge in [-0.1, -0.05) is 18.2 Å². The van der Waals surface area contributed by atoms with E-state index >= 15 is 0 Å². The standard InChI is InChI=1S/C16H19NO2/c1-5-7-15-11-14(12(3)18)8-9-16(15)17(10-6-2)13(4)19/h5-9,11H,2,10H2,1,3-4H3/b7-5+. The second kappa shape index (κ2) is 6.69. The van der Waals surface area contributed by atoms with Gasteiger partial charge in [0.15, 0.2) is 5.78 Å². The molecule has 0 unspecified atom stereocenters. The minimum absolute atomic E-state index is 0.00963. The molecule has 0 radical (unpaired) electrons. The number of amides is 1. The molecule has 0 aromatic heterocycles. The zero-order chi connectivity index (χ0) is 14.4. The van der Waals surface area contributed by atoms with Gasteiger partial charge in [0.1, 0.15) is 0 Å². The highest BCUT2D eigenvalue weighted by molar-refractivity contribution is 5.98. The summed E-state index contributed by atoms with van der Waals surface area (Å²) in [5, 5.41) is 0. The number of benzene rings is 1. The molecule has 0 saturated carbocycles. The van der Waals surface area contributed by atoms with Gasteiger partial charge >= 0.3 is 0 Å². The molecule has 0 bridgehead atoms. The summed E-state index contributed by atoms with van der Waals surface area (Å²) >= 11 is 0. The van der Waals surface area contributed by atoms with Gasteiger partial charge in [-0.15, -0.1) is 6.58 Å². The lowest BCUT2D eigenvalue weighted by atomic mass is 10.0. The first-order chi connectivity index (χ1) is 9.01. The van der Waals surface area contributed by atoms with Crippen LogP contribution < -0.4 is 4.90 Å². The molecule has 0 aliphatic rings. The van der Waals surface area contributed by atoms with Crippen LogP contribution in [0.15, 0.2) is 36.9 Å². The molecule has 0 heterocycles. The van der Waals surface area contributed by atoms with Gasteiger partial charge in [-0.2, -0.15) is 0 Å². The minimum Gasteiger partial charge on any atom is -0.308 e. The fourth-order valence-electron chi connectivity index (χ4n) is 1.86. The maximum atomic E-state index is 11.7. The van der Waals surface area contributed by atoms with Crippen molar-refractivity contribution in [3.8, 4) is 0 Å². The third-order valence-electron chi connectivity index (χ3n) is 2.76. The van der Waals surface area contributed by atoms with E-state index in [1.807, 2.05) is 19.1 Å². The summed E-state index contributed by atoms with van der Waals surface area (Å²) in [7, 11) is 0. The number of carbonyl (C=O) groups is 2. The lowest BCUT2D eigenvalue weighted by Gasteiger charge is -2.22. The highest BCUT2D eigenvalue weighted by atomic mass is 16.2. The molecule has 0 saturated heterocycles. The molecule has 0 fully saturated rings. The summed E-state index contributed by atoms with van der Waals surface area (Å²) in [4.78, 5) is 24.7. The van der Waals surface area contributed by atoms with E-state index < -0.39 is 0 Å². The summed E-state index contributed by atoms with van der Waals surface area (Å²) in [6.45, 7) is 9.05. The number of Topliss-reactive ketones (excluding diaryl/α,β-unsaturated/α-hetero) is 1. The molecule has 0 spiro atoms. The van der Waals surface area contributed by atoms with Crippen molar-refractivity contribution in [2.75, 3.05) is 11.4 Å². The Morgan fingerprint density at radius 3 is 2.47 bits per heavy atom. The van der Waals surface area contributed by atoms with Gasteiger partial charge in [-0.05, 0) is 37.6 Å². The van der Waals surface area contributed by atoms with Crippen LogP contribution >= 0.6 is 0 Å². The fourth-order valence-corrected chi connectivity index (χ4v) is 1.86. The van der Waals surface area contributed by atoms with Gasteiger partial charge in [0.05, 0.1) is 5.69 Å². The average Bonchev–Trinajstić information content (AvgIpc) is 2.36. The van der Waals surface area contributed by atoms with Crippen molar-refractivity contribution in [1.82, 2.24) is 0 Å². The van der Waals surface area contributed by atoms with Gasteiger partial charge < -0.3 is 4.90 Å². The molecule has 19 heavy (non-hydrogen) atoms. The Labute approximate surface area is 114 Å². The minimum atomic E-state index is -0.0544. The first kappa shape index (κ1) is 14.9. The molecule has 1 amide bonds. The van der Waals surface area contributed by atoms with Gasteiger partial charge in [0, 0.05) is 19.0 Å². The van der Waals surface area contributed by atoms with Crippen LogP contribution in [0.3, 0.4) is 0 Å². The van der Waals surface area contributed by atoms with E-state index in [4.69, 9.17) is 0 Å². The number of nitrogens with zero attached hydrogens (tertiary/aromatic N) is 1. The van der Waals surface area contributed by atoms with E-state index in [0.29, 0.717) is 12.1 Å². The normalized spacial score (nSPS) is 10.5. The predicted molar refractivity (Wildman–Crippen MR) is 79.4 cm³/mol. The Bertz CT molecular complexity index is 530. The zero-order valence-electron chi connectivity index (χ0n) is 11.6. The largest absolute Gasteiger partial charge is 0.308 e. The summed E-state index contributed by atoms with van der Waals surface area (Å²) in [5.41, 5.74) is 2.28. The molecule has 0 aliphatic heterocycles. The van der Waals surface area contributed by atoms with Crippen molar-refractivity contribution in [2.45, 2.75) is 20.8 Å². The van der Waals surface area contributed by atoms with Gasteiger partial charge in [0.25, 0.3) is 0 Å². The third-order valence-corrected chi connectivity index (χ3v) is 2.76. The first-order valence-electron chi connectivity index (χ1n) is 6.18. The summed E-state index contributed by atoms with van der Waals surface area (Å²) in [6, 6.07) is 5.34. The Hall–Kier alpha value is -2.16. The Morgan fingerprint density at radius 2 is 2.00 bits per heavy atom. The molecule has 1 aromatic carbocycles. The van der Waals surface area contributed by atoms with Crippen LogP contribution in [0.5, 0.6) is 0 Å². The summed E-state index contributed by atoms with van der Waals surface area (Å²) in [6.07, 6.45) is 5.45. The van der Waals surface area contributed by atoms with Crippen LogP contribution in [-0.2, 0) is 4.79 Å². The lowest BCUT2D eigenvalue weighted by molar-refractivity contribution is -0.116. The van der Waals surface area contributed by atoms with Gasteiger partial charge in [-0.25, -0.2) is 0 Å². The molecule has 0 aliphatic carbocycles. The second-order valence-corrected chi connectivity index (χ2v) is 4.25. The lowest BCUT2D eigenvalue weighted by Crippen LogP contribution is -2.29. The Kier molecular flexibility index (Phi) is 5.24. The summed E-state index contributed by atoms with van der Waals surface area (Å²) in [5.74, 6) is -0.0448. The van der Waals surface area contributed by atoms with E-state index in [9.17, 15) is 9.59 Å². The van der Waals surface area contributed by atoms with Crippen LogP contribution in [0.4, 0.5) is 5.69 Å². The quantitative estimate of drug-likeness (QED) is 0.598. The maximum Gasteiger partial charge on any atom is 0.224 e. The summed E-state index contributed by atoms with van der Waals surface area (Å²) < 4.78 is 0. The van der Waals surface area contributed by atoms with E-state index in [1.165, 1.54) is 13.8 Å². The predicted octanol–water partition coefficient (Wildman–Crippen LogP) is 3.46. The molecule has 3 heteroatoms. The van der Waals surface area contributed by atoms with Crippen molar-refractivity contribution in [3.63, 3.8) is 0 Å². The molecule has 100 valence electrons. The molecule has 1 rings (SSSR count). The van der Waals surface area contributed by atoms with Crippen LogP contribution in [0.2, 0.25) is 0 Å². The van der Waals surface area contributed by atoms with Crippen LogP contribution in [0, 0.1) is 0 Å². The van der Waals surface area contributed by atoms with E-state index in [0.717, 1.165) is 11.3 Å². The number of hydrogen-bond acceptors (Lipinski definition) is 2. The number of allylic oxidation sites excluding steroid dienone is 1. The van der Waals surface area contributed by atoms with Gasteiger partial charge in [0.2, 0.25) is 5.91 Å². The zero-order valence-corrected chi connectivity index (χ0v) is 11.6. The van der Waals surface area contributed by atoms with E-state index in [-0.39, 0.29) is 11.7 Å². The number of anilines is 1. The number of ketones is 1. The second-order valence-electron chi connectivity index (χ2n) is 4.25. The maximum absolute atomic E-state index is 11.7. The monoisotopic (exact) mass is 257 g/mol. The SMILES string of the molecule is C=CCN(C(C)=O)c1ccc(C(C)=O)cc1/C=C/C. The molecule has 3 nitrogen and oxygen atoms in total. The highest BCUT2D eigenvalue weighted by Crippen LogP contribution is 2.24. The number of rotatable bonds is 5. The van der Waals surface area contributed by atoms with Crippen molar-refractivity contribution in [1.29, 1.82) is 0 Å². The van der Waals surface area contributed by atoms with Crippen molar-refractivity contribution in [3.05, 3.63) is 48.1 Å².